The van der Waals surface area contributed by atoms with Gasteiger partial charge in [-0.25, -0.2) is 4.79 Å². The van der Waals surface area contributed by atoms with E-state index in [4.69, 9.17) is 4.74 Å². The highest BCUT2D eigenvalue weighted by atomic mass is 32.1. The zero-order chi connectivity index (χ0) is 12.8. The smallest absolute Gasteiger partial charge is 0.336 e. The van der Waals surface area contributed by atoms with Crippen molar-refractivity contribution in [2.24, 2.45) is 0 Å². The first-order valence-electron chi connectivity index (χ1n) is 5.80. The molecule has 3 heteroatoms. The lowest BCUT2D eigenvalue weighted by atomic mass is 10.2. The van der Waals surface area contributed by atoms with Gasteiger partial charge in [-0.2, -0.15) is 0 Å². The molecule has 2 heterocycles. The standard InChI is InChI=1S/C9H6O2.C6H8S/c10-9-5-4-7-2-1-3-8(6-7)11-9;1-2-6-4-3-5-7-6/h1-6H;3-5H,2H2,1H3. The Bertz CT molecular complexity index is 541. The van der Waals surface area contributed by atoms with Gasteiger partial charge in [-0.15, -0.1) is 11.3 Å². The summed E-state index contributed by atoms with van der Waals surface area (Å²) in [5.41, 5.74) is 0.994. The monoisotopic (exact) mass is 258 g/mol. The van der Waals surface area contributed by atoms with Crippen LogP contribution >= 0.6 is 11.3 Å². The Morgan fingerprint density at radius 2 is 2.06 bits per heavy atom. The van der Waals surface area contributed by atoms with Crippen molar-refractivity contribution in [2.75, 3.05) is 0 Å². The van der Waals surface area contributed by atoms with Crippen molar-refractivity contribution >= 4 is 23.4 Å². The van der Waals surface area contributed by atoms with Gasteiger partial charge in [-0.3, -0.25) is 0 Å². The fourth-order valence-electron chi connectivity index (χ4n) is 1.51. The number of carbonyl (C=O) groups is 1. The van der Waals surface area contributed by atoms with Gasteiger partial charge >= 0.3 is 5.97 Å². The SMILES string of the molecule is CCc1cccs1.O=C1C=Cc2cccc(c2)O1. The van der Waals surface area contributed by atoms with Gasteiger partial charge in [0.15, 0.2) is 0 Å². The predicted molar refractivity (Wildman–Crippen MR) is 74.8 cm³/mol. The van der Waals surface area contributed by atoms with Crippen LogP contribution in [0, 0.1) is 0 Å². The number of hydrogen-bond acceptors (Lipinski definition) is 3. The van der Waals surface area contributed by atoms with Gasteiger partial charge in [-0.1, -0.05) is 25.1 Å². The summed E-state index contributed by atoms with van der Waals surface area (Å²) in [6, 6.07) is 11.6. The first-order valence-corrected chi connectivity index (χ1v) is 6.68. The molecule has 0 unspecified atom stereocenters. The average molecular weight is 258 g/mol. The molecular weight excluding hydrogens is 244 g/mol. The topological polar surface area (TPSA) is 26.3 Å². The summed E-state index contributed by atoms with van der Waals surface area (Å²) in [6.07, 6.45) is 4.33. The number of carbonyl (C=O) groups excluding carboxylic acids is 1. The van der Waals surface area contributed by atoms with Crippen LogP contribution in [0.1, 0.15) is 17.4 Å². The molecule has 1 aliphatic heterocycles. The highest BCUT2D eigenvalue weighted by Gasteiger charge is 2.04. The quantitative estimate of drug-likeness (QED) is 0.572. The maximum absolute atomic E-state index is 10.8. The highest BCUT2D eigenvalue weighted by molar-refractivity contribution is 7.09. The zero-order valence-electron chi connectivity index (χ0n) is 10.1. The minimum Gasteiger partial charge on any atom is -0.423 e. The van der Waals surface area contributed by atoms with Crippen molar-refractivity contribution < 1.29 is 9.53 Å². The van der Waals surface area contributed by atoms with Crippen LogP contribution in [0.3, 0.4) is 0 Å². The van der Waals surface area contributed by atoms with E-state index in [1.807, 2.05) is 29.5 Å². The van der Waals surface area contributed by atoms with Crippen molar-refractivity contribution in [1.29, 1.82) is 0 Å². The molecule has 0 atom stereocenters. The summed E-state index contributed by atoms with van der Waals surface area (Å²) in [6.45, 7) is 2.17. The van der Waals surface area contributed by atoms with E-state index in [-0.39, 0.29) is 5.97 Å². The van der Waals surface area contributed by atoms with Gasteiger partial charge in [-0.05, 0) is 41.6 Å². The fourth-order valence-corrected chi connectivity index (χ4v) is 2.17. The van der Waals surface area contributed by atoms with Crippen molar-refractivity contribution in [3.05, 3.63) is 58.3 Å². The van der Waals surface area contributed by atoms with E-state index in [9.17, 15) is 4.79 Å². The molecule has 0 amide bonds. The van der Waals surface area contributed by atoms with E-state index in [0.29, 0.717) is 5.75 Å². The lowest BCUT2D eigenvalue weighted by molar-refractivity contribution is -0.128. The molecule has 0 saturated heterocycles. The number of hydrogen-bond donors (Lipinski definition) is 0. The Hall–Kier alpha value is -1.87. The molecule has 18 heavy (non-hydrogen) atoms. The van der Waals surface area contributed by atoms with E-state index in [2.05, 4.69) is 24.4 Å². The third kappa shape index (κ3) is 3.57. The van der Waals surface area contributed by atoms with Crippen LogP contribution in [-0.4, -0.2) is 5.97 Å². The van der Waals surface area contributed by atoms with Crippen LogP contribution in [0.25, 0.3) is 6.08 Å². The largest absolute Gasteiger partial charge is 0.423 e. The van der Waals surface area contributed by atoms with Crippen LogP contribution in [0.15, 0.2) is 47.9 Å². The molecule has 3 rings (SSSR count). The van der Waals surface area contributed by atoms with Gasteiger partial charge in [0.1, 0.15) is 5.75 Å². The second kappa shape index (κ2) is 6.17. The summed E-state index contributed by atoms with van der Waals surface area (Å²) >= 11 is 1.82. The third-order valence-corrected chi connectivity index (χ3v) is 3.44. The van der Waals surface area contributed by atoms with Crippen LogP contribution in [0.4, 0.5) is 0 Å². The molecule has 2 aromatic rings. The molecule has 1 aromatic heterocycles. The normalized spacial score (nSPS) is 12.2. The summed E-state index contributed by atoms with van der Waals surface area (Å²) in [4.78, 5) is 12.3. The lowest BCUT2D eigenvalue weighted by Gasteiger charge is -1.97. The fraction of sp³-hybridized carbons (Fsp3) is 0.133. The Morgan fingerprint density at radius 1 is 1.17 bits per heavy atom. The molecule has 0 fully saturated rings. The molecule has 92 valence electrons. The zero-order valence-corrected chi connectivity index (χ0v) is 10.9. The first-order chi connectivity index (χ1) is 8.78. The lowest BCUT2D eigenvalue weighted by Crippen LogP contribution is -2.01. The second-order valence-corrected chi connectivity index (χ2v) is 4.79. The van der Waals surface area contributed by atoms with Gasteiger partial charge in [0.05, 0.1) is 0 Å². The molecule has 1 aromatic carbocycles. The summed E-state index contributed by atoms with van der Waals surface area (Å²) < 4.78 is 4.89. The molecule has 0 spiro atoms. The number of thiophene rings is 1. The van der Waals surface area contributed by atoms with Crippen LogP contribution in [0.5, 0.6) is 5.75 Å². The van der Waals surface area contributed by atoms with Crippen LogP contribution in [-0.2, 0) is 11.2 Å². The number of esters is 1. The van der Waals surface area contributed by atoms with E-state index in [0.717, 1.165) is 5.56 Å². The van der Waals surface area contributed by atoms with Crippen LogP contribution < -0.4 is 4.74 Å². The van der Waals surface area contributed by atoms with Gasteiger partial charge in [0, 0.05) is 11.0 Å². The molecular formula is C15H14O2S. The molecule has 2 bridgehead atoms. The van der Waals surface area contributed by atoms with E-state index >= 15 is 0 Å². The van der Waals surface area contributed by atoms with Gasteiger partial charge in [0.25, 0.3) is 0 Å². The summed E-state index contributed by atoms with van der Waals surface area (Å²) in [7, 11) is 0. The third-order valence-electron chi connectivity index (χ3n) is 2.42. The minimum absolute atomic E-state index is 0.314. The maximum Gasteiger partial charge on any atom is 0.336 e. The average Bonchev–Trinajstić information content (AvgIpc) is 2.87. The maximum atomic E-state index is 10.8. The Kier molecular flexibility index (Phi) is 4.31. The molecule has 0 radical (unpaired) electrons. The number of ether oxygens (including phenoxy) is 1. The van der Waals surface area contributed by atoms with Gasteiger partial charge in [0.2, 0.25) is 0 Å². The Balaban J connectivity index is 0.000000149. The summed E-state index contributed by atoms with van der Waals surface area (Å²) in [5.74, 6) is 0.295. The van der Waals surface area contributed by atoms with Gasteiger partial charge < -0.3 is 4.74 Å². The van der Waals surface area contributed by atoms with Crippen molar-refractivity contribution in [1.82, 2.24) is 0 Å². The minimum atomic E-state index is -0.314. The molecule has 2 nitrogen and oxygen atoms in total. The molecule has 0 N–H and O–H groups in total. The van der Waals surface area contributed by atoms with E-state index < -0.39 is 0 Å². The molecule has 0 aliphatic carbocycles. The van der Waals surface area contributed by atoms with Crippen molar-refractivity contribution in [3.63, 3.8) is 0 Å². The molecule has 1 aliphatic rings. The Labute approximate surface area is 111 Å². The molecule has 0 saturated carbocycles. The van der Waals surface area contributed by atoms with Crippen molar-refractivity contribution in [3.8, 4) is 5.75 Å². The van der Waals surface area contributed by atoms with Crippen LogP contribution in [0.2, 0.25) is 0 Å². The highest BCUT2D eigenvalue weighted by Crippen LogP contribution is 2.17. The summed E-state index contributed by atoms with van der Waals surface area (Å²) in [5, 5.41) is 2.11. The Morgan fingerprint density at radius 3 is 2.72 bits per heavy atom. The second-order valence-electron chi connectivity index (χ2n) is 3.76. The number of fused-ring (bicyclic) bond motifs is 2. The number of aryl methyl sites for hydroxylation is 1. The predicted octanol–water partition coefficient (Wildman–Crippen LogP) is 3.93. The van der Waals surface area contributed by atoms with E-state index in [1.165, 1.54) is 17.4 Å². The van der Waals surface area contributed by atoms with Crippen molar-refractivity contribution in [2.45, 2.75) is 13.3 Å². The number of rotatable bonds is 1. The van der Waals surface area contributed by atoms with E-state index in [1.54, 1.807) is 12.1 Å². The first kappa shape index (κ1) is 12.6. The number of benzene rings is 1.